The van der Waals surface area contributed by atoms with Crippen LogP contribution in [-0.2, 0) is 23.7 Å². The molecule has 0 radical (unpaired) electrons. The predicted octanol–water partition coefficient (Wildman–Crippen LogP) is 6.21. The molecule has 2 saturated heterocycles. The number of nitrogens with one attached hydrogen (secondary N) is 1. The van der Waals surface area contributed by atoms with Gasteiger partial charge in [-0.3, -0.25) is 4.79 Å². The Bertz CT molecular complexity index is 1430. The summed E-state index contributed by atoms with van der Waals surface area (Å²) in [4.78, 5) is 13.1. The molecule has 378 valence electrons. The molecule has 0 spiro atoms. The summed E-state index contributed by atoms with van der Waals surface area (Å²) in [7, 11) is 0. The standard InChI is InChI=1S/C52H87NO13/c1-3-5-7-9-10-11-12-13-14-15-16-17-18-19-20-21-22-23-24-25-26-27-28-29-30-32-34-36-44(57)53-40(41(56)35-33-31-8-6-4-2)39-63-51-49(62)47(60)50(43(38-55)65-51)66-52-48(61)46(59)45(58)42(37-54)64-52/h5,7,10-11,13-14,16-17,19-20,22-23,33,35,40-43,45-52,54-56,58-62H,3-4,6,8-9,12,15,18,21,24-32,34,36-39H2,1-2H3,(H,53,57)/b7-5-,11-10-,14-13-,17-16-,20-19-,23-22-,35-33+. The van der Waals surface area contributed by atoms with Crippen molar-refractivity contribution in [2.24, 2.45) is 0 Å². The van der Waals surface area contributed by atoms with Crippen molar-refractivity contribution in [1.29, 1.82) is 0 Å². The van der Waals surface area contributed by atoms with Crippen molar-refractivity contribution in [1.82, 2.24) is 5.32 Å². The first-order valence-corrected chi connectivity index (χ1v) is 24.8. The Hall–Kier alpha value is -2.83. The summed E-state index contributed by atoms with van der Waals surface area (Å²) in [5, 5.41) is 86.1. The van der Waals surface area contributed by atoms with Crippen LogP contribution in [0.2, 0.25) is 0 Å². The van der Waals surface area contributed by atoms with Gasteiger partial charge in [0.05, 0.1) is 32.0 Å². The van der Waals surface area contributed by atoms with Gasteiger partial charge in [-0.15, -0.1) is 0 Å². The van der Waals surface area contributed by atoms with Gasteiger partial charge in [0.25, 0.3) is 0 Å². The van der Waals surface area contributed by atoms with Crippen molar-refractivity contribution in [3.05, 3.63) is 85.1 Å². The lowest BCUT2D eigenvalue weighted by atomic mass is 9.97. The molecule has 0 aromatic carbocycles. The Balaban J connectivity index is 1.68. The van der Waals surface area contributed by atoms with Crippen molar-refractivity contribution < 1.29 is 64.6 Å². The van der Waals surface area contributed by atoms with Crippen LogP contribution in [0.3, 0.4) is 0 Å². The third-order valence-electron chi connectivity index (χ3n) is 11.6. The first-order chi connectivity index (χ1) is 32.1. The summed E-state index contributed by atoms with van der Waals surface area (Å²) in [6, 6.07) is -0.920. The van der Waals surface area contributed by atoms with Gasteiger partial charge in [-0.05, 0) is 70.6 Å². The van der Waals surface area contributed by atoms with E-state index in [9.17, 15) is 45.6 Å². The van der Waals surface area contributed by atoms with Crippen molar-refractivity contribution in [3.63, 3.8) is 0 Å². The van der Waals surface area contributed by atoms with Gasteiger partial charge in [0.1, 0.15) is 48.8 Å². The van der Waals surface area contributed by atoms with Gasteiger partial charge < -0.3 is 65.1 Å². The molecule has 14 heteroatoms. The van der Waals surface area contributed by atoms with E-state index < -0.39 is 86.8 Å². The SMILES string of the molecule is CC/C=C\C/C=C\C/C=C\C/C=C\C/C=C\C/C=C\CCCCCCCCCCC(=O)NC(COC1OC(CO)C(OC2OC(CO)C(O)C(O)C2O)C(O)C1O)C(O)/C=C/CCCCC. The van der Waals surface area contributed by atoms with Crippen LogP contribution in [0.5, 0.6) is 0 Å². The summed E-state index contributed by atoms with van der Waals surface area (Å²) in [5.74, 6) is -0.261. The number of ether oxygens (including phenoxy) is 4. The van der Waals surface area contributed by atoms with Crippen LogP contribution in [-0.4, -0.2) is 140 Å². The average molecular weight is 934 g/mol. The number of carbonyl (C=O) groups excluding carboxylic acids is 1. The third kappa shape index (κ3) is 25.0. The van der Waals surface area contributed by atoms with Gasteiger partial charge >= 0.3 is 0 Å². The Kier molecular flexibility index (Phi) is 34.2. The normalized spacial score (nSPS) is 27.5. The molecule has 2 heterocycles. The second kappa shape index (κ2) is 38.1. The molecule has 0 aromatic rings. The molecule has 0 aromatic heterocycles. The largest absolute Gasteiger partial charge is 0.394 e. The maximum atomic E-state index is 13.1. The number of aliphatic hydroxyl groups excluding tert-OH is 8. The molecular weight excluding hydrogens is 847 g/mol. The number of hydrogen-bond acceptors (Lipinski definition) is 13. The van der Waals surface area contributed by atoms with E-state index in [2.05, 4.69) is 92.1 Å². The number of amides is 1. The molecule has 2 rings (SSSR count). The Morgan fingerprint density at radius 3 is 1.61 bits per heavy atom. The van der Waals surface area contributed by atoms with E-state index in [0.29, 0.717) is 6.42 Å². The van der Waals surface area contributed by atoms with Crippen molar-refractivity contribution in [2.75, 3.05) is 19.8 Å². The van der Waals surface area contributed by atoms with Crippen LogP contribution in [0.25, 0.3) is 0 Å². The van der Waals surface area contributed by atoms with Gasteiger partial charge in [0.2, 0.25) is 5.91 Å². The Morgan fingerprint density at radius 1 is 0.561 bits per heavy atom. The highest BCUT2D eigenvalue weighted by molar-refractivity contribution is 5.76. The molecule has 0 saturated carbocycles. The molecule has 9 N–H and O–H groups in total. The van der Waals surface area contributed by atoms with Crippen LogP contribution in [0.4, 0.5) is 0 Å². The van der Waals surface area contributed by atoms with Crippen molar-refractivity contribution in [3.8, 4) is 0 Å². The summed E-state index contributed by atoms with van der Waals surface area (Å²) in [5.41, 5.74) is 0. The minimum absolute atomic E-state index is 0.261. The lowest BCUT2D eigenvalue weighted by Crippen LogP contribution is -2.65. The maximum absolute atomic E-state index is 13.1. The molecule has 1 amide bonds. The molecule has 2 aliphatic rings. The number of rotatable bonds is 36. The van der Waals surface area contributed by atoms with E-state index in [1.165, 1.54) is 19.3 Å². The lowest BCUT2D eigenvalue weighted by Gasteiger charge is -2.46. The number of carbonyl (C=O) groups is 1. The first-order valence-electron chi connectivity index (χ1n) is 24.8. The lowest BCUT2D eigenvalue weighted by molar-refractivity contribution is -0.359. The second-order valence-electron chi connectivity index (χ2n) is 17.2. The van der Waals surface area contributed by atoms with E-state index in [1.54, 1.807) is 6.08 Å². The van der Waals surface area contributed by atoms with E-state index in [0.717, 1.165) is 96.3 Å². The topological polar surface area (TPSA) is 228 Å². The summed E-state index contributed by atoms with van der Waals surface area (Å²) >= 11 is 0. The number of hydrogen-bond donors (Lipinski definition) is 9. The molecule has 12 unspecified atom stereocenters. The van der Waals surface area contributed by atoms with Crippen LogP contribution in [0, 0.1) is 0 Å². The van der Waals surface area contributed by atoms with Crippen LogP contribution in [0.15, 0.2) is 85.1 Å². The zero-order chi connectivity index (χ0) is 48.2. The smallest absolute Gasteiger partial charge is 0.220 e. The van der Waals surface area contributed by atoms with Crippen LogP contribution < -0.4 is 5.32 Å². The zero-order valence-electron chi connectivity index (χ0n) is 39.9. The molecular formula is C52H87NO13. The molecule has 66 heavy (non-hydrogen) atoms. The van der Waals surface area contributed by atoms with Gasteiger partial charge in [-0.25, -0.2) is 0 Å². The van der Waals surface area contributed by atoms with Gasteiger partial charge in [-0.2, -0.15) is 0 Å². The quantitative estimate of drug-likeness (QED) is 0.0252. The minimum Gasteiger partial charge on any atom is -0.394 e. The van der Waals surface area contributed by atoms with Crippen LogP contribution in [0.1, 0.15) is 142 Å². The van der Waals surface area contributed by atoms with Gasteiger partial charge in [0, 0.05) is 6.42 Å². The average Bonchev–Trinajstić information content (AvgIpc) is 3.31. The monoisotopic (exact) mass is 934 g/mol. The van der Waals surface area contributed by atoms with E-state index in [1.807, 2.05) is 6.08 Å². The van der Waals surface area contributed by atoms with Gasteiger partial charge in [0.15, 0.2) is 12.6 Å². The predicted molar refractivity (Wildman–Crippen MR) is 258 cm³/mol. The van der Waals surface area contributed by atoms with Gasteiger partial charge in [-0.1, -0.05) is 150 Å². The Labute approximate surface area is 395 Å². The fourth-order valence-corrected chi connectivity index (χ4v) is 7.53. The summed E-state index contributed by atoms with van der Waals surface area (Å²) < 4.78 is 22.5. The van der Waals surface area contributed by atoms with E-state index in [4.69, 9.17) is 18.9 Å². The number of aliphatic hydroxyl groups is 8. The third-order valence-corrected chi connectivity index (χ3v) is 11.6. The number of allylic oxidation sites excluding steroid dienone is 13. The zero-order valence-corrected chi connectivity index (χ0v) is 39.9. The van der Waals surface area contributed by atoms with Crippen molar-refractivity contribution in [2.45, 2.75) is 216 Å². The molecule has 0 aliphatic carbocycles. The molecule has 2 fully saturated rings. The summed E-state index contributed by atoms with van der Waals surface area (Å²) in [6.07, 6.45) is 32.6. The maximum Gasteiger partial charge on any atom is 0.220 e. The minimum atomic E-state index is -1.79. The highest BCUT2D eigenvalue weighted by Gasteiger charge is 2.51. The van der Waals surface area contributed by atoms with Crippen LogP contribution >= 0.6 is 0 Å². The fraction of sp³-hybridized carbons (Fsp3) is 0.712. The Morgan fingerprint density at radius 2 is 1.05 bits per heavy atom. The highest BCUT2D eigenvalue weighted by atomic mass is 16.7. The molecule has 12 atom stereocenters. The molecule has 0 bridgehead atoms. The highest BCUT2D eigenvalue weighted by Crippen LogP contribution is 2.30. The van der Waals surface area contributed by atoms with E-state index >= 15 is 0 Å². The fourth-order valence-electron chi connectivity index (χ4n) is 7.53. The molecule has 2 aliphatic heterocycles. The van der Waals surface area contributed by atoms with Crippen molar-refractivity contribution >= 4 is 5.91 Å². The first kappa shape index (κ1) is 59.3. The van der Waals surface area contributed by atoms with E-state index in [-0.39, 0.29) is 18.9 Å². The molecule has 14 nitrogen and oxygen atoms in total. The second-order valence-corrected chi connectivity index (χ2v) is 17.2. The number of unbranched alkanes of at least 4 members (excludes halogenated alkanes) is 11. The summed E-state index contributed by atoms with van der Waals surface area (Å²) in [6.45, 7) is 2.51.